The van der Waals surface area contributed by atoms with Crippen molar-refractivity contribution >= 4 is 89.5 Å². The lowest BCUT2D eigenvalue weighted by Gasteiger charge is -2.19. The van der Waals surface area contributed by atoms with Crippen LogP contribution in [-0.2, 0) is 78.7 Å². The summed E-state index contributed by atoms with van der Waals surface area (Å²) in [7, 11) is -24.7. The van der Waals surface area contributed by atoms with E-state index in [9.17, 15) is 80.5 Å². The van der Waals surface area contributed by atoms with Crippen molar-refractivity contribution in [3.63, 3.8) is 0 Å². The fourth-order valence-electron chi connectivity index (χ4n) is 4.75. The molecule has 0 atom stereocenters. The van der Waals surface area contributed by atoms with E-state index >= 15 is 0 Å². The summed E-state index contributed by atoms with van der Waals surface area (Å²) < 4.78 is 200. The van der Waals surface area contributed by atoms with Gasteiger partial charge in [-0.15, -0.1) is 0 Å². The fourth-order valence-corrected chi connectivity index (χ4v) is 8.69. The van der Waals surface area contributed by atoms with E-state index in [2.05, 4.69) is 0 Å². The largest absolute Gasteiger partial charge is 0.497 e. The van der Waals surface area contributed by atoms with Gasteiger partial charge in [-0.3, -0.25) is 0 Å². The Balaban J connectivity index is -0.000000770. The molecular weight excluding hydrogens is 1110 g/mol. The van der Waals surface area contributed by atoms with Gasteiger partial charge in [-0.1, -0.05) is 106 Å². The molecule has 16 nitrogen and oxygen atoms in total. The quantitative estimate of drug-likeness (QED) is 0.169. The predicted octanol–water partition coefficient (Wildman–Crippen LogP) is 7.19. The average molecular weight is 1180 g/mol. The van der Waals surface area contributed by atoms with Gasteiger partial charge in [-0.25, -0.2) is 67.3 Å². The number of benzene rings is 4. The van der Waals surface area contributed by atoms with Crippen LogP contribution in [0.5, 0.6) is 0 Å². The van der Waals surface area contributed by atoms with E-state index in [0.29, 0.717) is 20.4 Å². The Morgan fingerprint density at radius 3 is 1.10 bits per heavy atom. The van der Waals surface area contributed by atoms with Crippen molar-refractivity contribution in [1.29, 1.82) is 0 Å². The van der Waals surface area contributed by atoms with Crippen molar-refractivity contribution in [2.75, 3.05) is 67.8 Å². The lowest BCUT2D eigenvalue weighted by Crippen LogP contribution is -2.22. The molecule has 0 unspecified atom stereocenters. The van der Waals surface area contributed by atoms with Crippen LogP contribution >= 0.6 is 0 Å². The number of halogens is 3. The van der Waals surface area contributed by atoms with Gasteiger partial charge < -0.3 is 0 Å². The third-order valence-corrected chi connectivity index (χ3v) is 16.7. The number of fused-ring (bicyclic) bond motifs is 1. The highest BCUT2D eigenvalue weighted by atomic mass is 32.2. The van der Waals surface area contributed by atoms with E-state index < -0.39 is 84.2 Å². The molecule has 5 rings (SSSR count). The number of hydrogen-bond donors (Lipinski definition) is 0. The number of hydrogen-bond acceptors (Lipinski definition) is 16. The molecular formula is C45H71F3O16S8. The van der Waals surface area contributed by atoms with Crippen LogP contribution in [0.1, 0.15) is 64.4 Å². The maximum atomic E-state index is 11.3. The number of unbranched alkanes of at least 4 members (excludes halogenated alkanes) is 1. The first-order chi connectivity index (χ1) is 32.2. The SMILES string of the molecule is CCCCS(C)(=O)=O.CCS(C)(=O)=O.CS(=O)(=O)C(F)(F)F.CS(=O)(=O)C1CCCCC1.CS(=O)(=O)c1ccc2ccccc2c1.CS(=O)(=O)c1ccccc1.CS(C)(=O)=O.Cc1ccc(S(C)(=O)=O)cc1. The van der Waals surface area contributed by atoms with Crippen LogP contribution in [0.25, 0.3) is 10.8 Å². The van der Waals surface area contributed by atoms with Crippen molar-refractivity contribution in [1.82, 2.24) is 0 Å². The predicted molar refractivity (Wildman–Crippen MR) is 284 cm³/mol. The summed E-state index contributed by atoms with van der Waals surface area (Å²) in [5, 5.41) is 1.98. The van der Waals surface area contributed by atoms with E-state index in [1.54, 1.807) is 73.7 Å². The van der Waals surface area contributed by atoms with Gasteiger partial charge in [0.15, 0.2) is 29.5 Å². The van der Waals surface area contributed by atoms with E-state index in [4.69, 9.17) is 0 Å². The molecule has 0 amide bonds. The third-order valence-electron chi connectivity index (χ3n) is 8.74. The minimum Gasteiger partial charge on any atom is -0.229 e. The second kappa shape index (κ2) is 32.1. The van der Waals surface area contributed by atoms with E-state index in [1.165, 1.54) is 44.0 Å². The Hall–Kier alpha value is -3.47. The number of rotatable bonds is 8. The molecule has 0 bridgehead atoms. The topological polar surface area (TPSA) is 273 Å². The van der Waals surface area contributed by atoms with Gasteiger partial charge in [0.05, 0.1) is 19.9 Å². The van der Waals surface area contributed by atoms with Crippen molar-refractivity contribution in [2.24, 2.45) is 0 Å². The van der Waals surface area contributed by atoms with Crippen LogP contribution in [0, 0.1) is 6.92 Å². The van der Waals surface area contributed by atoms with Crippen LogP contribution in [0.3, 0.4) is 0 Å². The summed E-state index contributed by atoms with van der Waals surface area (Å²) in [6.45, 7) is 5.52. The molecule has 27 heteroatoms. The normalized spacial score (nSPS) is 13.4. The summed E-state index contributed by atoms with van der Waals surface area (Å²) in [4.78, 5) is 1.12. The second-order valence-corrected chi connectivity index (χ2v) is 34.0. The molecule has 0 aromatic heterocycles. The number of alkyl halides is 3. The lowest BCUT2D eigenvalue weighted by atomic mass is 10.0. The second-order valence-electron chi connectivity index (χ2n) is 16.6. The van der Waals surface area contributed by atoms with E-state index in [1.807, 2.05) is 44.2 Å². The molecule has 0 N–H and O–H groups in total. The molecule has 0 heterocycles. The van der Waals surface area contributed by atoms with Crippen LogP contribution in [-0.4, -0.2) is 146 Å². The van der Waals surface area contributed by atoms with Crippen molar-refractivity contribution < 1.29 is 80.5 Å². The Morgan fingerprint density at radius 2 is 0.819 bits per heavy atom. The summed E-state index contributed by atoms with van der Waals surface area (Å²) in [5.74, 6) is 0.580. The highest BCUT2D eigenvalue weighted by Crippen LogP contribution is 2.23. The number of aryl methyl sites for hydroxylation is 1. The Morgan fingerprint density at radius 1 is 0.472 bits per heavy atom. The molecule has 1 aliphatic carbocycles. The van der Waals surface area contributed by atoms with Gasteiger partial charge in [0.2, 0.25) is 9.84 Å². The van der Waals surface area contributed by atoms with Gasteiger partial charge in [0.1, 0.15) is 39.3 Å². The standard InChI is InChI=1S/C11H10O2S.C8H10O2S.C7H14O2S.C7H8O2S.C5H12O2S.C3H8O2S.C2H3F3O2S.C2H6O2S/c1-14(12,13)11-7-6-9-4-2-3-5-10(9)8-11;1-7-3-5-8(6-4-7)11(2,9)10;2*1-10(8,9)7-5-3-2-4-6-7;1-3-4-5-8(2,6)7;1-3-6(2,4)5;1-8(6,7)2(3,4)5;1-5(2,3)4/h2-8H,1H3;3-6H,1-2H3;7H,2-6H2,1H3;2-6H,1H3;3-5H2,1-2H3;3H2,1-2H3;1H3;1-2H3. The Labute approximate surface area is 428 Å². The molecule has 0 aliphatic heterocycles. The van der Waals surface area contributed by atoms with Gasteiger partial charge >= 0.3 is 5.51 Å². The Kier molecular flexibility index (Phi) is 32.4. The molecule has 0 radical (unpaired) electrons. The molecule has 1 saturated carbocycles. The smallest absolute Gasteiger partial charge is 0.229 e. The highest BCUT2D eigenvalue weighted by Gasteiger charge is 2.41. The molecule has 1 fully saturated rings. The summed E-state index contributed by atoms with van der Waals surface area (Å²) >= 11 is 0. The average Bonchev–Trinajstić information content (AvgIpc) is 3.22. The maximum Gasteiger partial charge on any atom is 0.497 e. The van der Waals surface area contributed by atoms with E-state index in [-0.39, 0.29) is 17.3 Å². The summed E-state index contributed by atoms with van der Waals surface area (Å²) in [6, 6.07) is 28.0. The molecule has 0 spiro atoms. The third kappa shape index (κ3) is 40.9. The first-order valence-corrected chi connectivity index (χ1v) is 37.3. The van der Waals surface area contributed by atoms with Crippen molar-refractivity contribution in [2.45, 2.75) is 91.2 Å². The summed E-state index contributed by atoms with van der Waals surface area (Å²) in [6.07, 6.45) is 16.8. The monoisotopic (exact) mass is 1180 g/mol. The first-order valence-electron chi connectivity index (χ1n) is 21.3. The molecule has 4 aromatic carbocycles. The zero-order valence-electron chi connectivity index (χ0n) is 42.6. The highest BCUT2D eigenvalue weighted by molar-refractivity contribution is 7.92. The van der Waals surface area contributed by atoms with E-state index in [0.717, 1.165) is 67.4 Å². The lowest BCUT2D eigenvalue weighted by molar-refractivity contribution is -0.0429. The van der Waals surface area contributed by atoms with Crippen LogP contribution < -0.4 is 0 Å². The van der Waals surface area contributed by atoms with Crippen molar-refractivity contribution in [3.8, 4) is 0 Å². The zero-order chi connectivity index (χ0) is 57.2. The van der Waals surface area contributed by atoms with Crippen LogP contribution in [0.4, 0.5) is 13.2 Å². The van der Waals surface area contributed by atoms with Gasteiger partial charge in [-0.05, 0) is 73.4 Å². The van der Waals surface area contributed by atoms with Gasteiger partial charge in [0.25, 0.3) is 0 Å². The minimum absolute atomic E-state index is 0.0266. The molecule has 1 aliphatic rings. The van der Waals surface area contributed by atoms with Crippen LogP contribution in [0.15, 0.2) is 112 Å². The zero-order valence-corrected chi connectivity index (χ0v) is 49.1. The van der Waals surface area contributed by atoms with Gasteiger partial charge in [-0.2, -0.15) is 13.2 Å². The van der Waals surface area contributed by atoms with Gasteiger partial charge in [0, 0.05) is 67.8 Å². The minimum atomic E-state index is -5.09. The Bertz CT molecular complexity index is 3150. The van der Waals surface area contributed by atoms with Crippen molar-refractivity contribution in [3.05, 3.63) is 103 Å². The molecule has 72 heavy (non-hydrogen) atoms. The maximum absolute atomic E-state index is 11.3. The molecule has 4 aromatic rings. The summed E-state index contributed by atoms with van der Waals surface area (Å²) in [5.41, 5.74) is -4.02. The first kappa shape index (κ1) is 72.8. The molecule has 0 saturated heterocycles. The fraction of sp³-hybridized carbons (Fsp3) is 0.511. The van der Waals surface area contributed by atoms with Crippen LogP contribution in [0.2, 0.25) is 0 Å². The molecule has 416 valence electrons. The number of sulfone groups is 8.